The normalized spacial score (nSPS) is 10.5. The summed E-state index contributed by atoms with van der Waals surface area (Å²) in [4.78, 5) is 32.4. The number of Topliss-reactive ketones (excluding diaryl/α,β-unsaturated/α-hetero) is 1. The summed E-state index contributed by atoms with van der Waals surface area (Å²) in [6, 6.07) is 5.06. The van der Waals surface area contributed by atoms with E-state index in [1.165, 1.54) is 18.6 Å². The molecule has 2 aromatic heterocycles. The lowest BCUT2D eigenvalue weighted by molar-refractivity contribution is 0.0940. The summed E-state index contributed by atoms with van der Waals surface area (Å²) in [6.07, 6.45) is 4.53. The second-order valence-electron chi connectivity index (χ2n) is 4.73. The highest BCUT2D eigenvalue weighted by Gasteiger charge is 2.18. The van der Waals surface area contributed by atoms with Gasteiger partial charge in [0, 0.05) is 29.0 Å². The molecule has 0 unspecified atom stereocenters. The highest BCUT2D eigenvalue weighted by Crippen LogP contribution is 2.20. The Balaban J connectivity index is 2.30. The van der Waals surface area contributed by atoms with E-state index in [1.807, 2.05) is 0 Å². The van der Waals surface area contributed by atoms with Crippen LogP contribution in [0.1, 0.15) is 34.7 Å². The van der Waals surface area contributed by atoms with Gasteiger partial charge < -0.3 is 5.32 Å². The molecule has 6 heteroatoms. The second-order valence-corrected chi connectivity index (χ2v) is 5.58. The minimum atomic E-state index is -0.383. The van der Waals surface area contributed by atoms with Crippen LogP contribution in [0.4, 0.5) is 5.69 Å². The summed E-state index contributed by atoms with van der Waals surface area (Å²) in [6.45, 7) is 3.60. The topological polar surface area (TPSA) is 72.0 Å². The van der Waals surface area contributed by atoms with Crippen LogP contribution in [0.5, 0.6) is 0 Å². The largest absolute Gasteiger partial charge is 0.320 e. The molecule has 2 aromatic rings. The predicted octanol–water partition coefficient (Wildman–Crippen LogP) is 3.33. The second kappa shape index (κ2) is 6.58. The Morgan fingerprint density at radius 2 is 2.00 bits per heavy atom. The minimum absolute atomic E-state index is 0.0708. The standard InChI is InChI=1S/C15H14BrN3O2/c1-9(2)14(20)10-8-17-7-5-12(10)19-15(21)13-11(16)4-3-6-18-13/h3-9H,1-2H3,(H,17,19,21). The Morgan fingerprint density at radius 1 is 1.24 bits per heavy atom. The van der Waals surface area contributed by atoms with E-state index in [4.69, 9.17) is 0 Å². The van der Waals surface area contributed by atoms with E-state index in [1.54, 1.807) is 32.0 Å². The summed E-state index contributed by atoms with van der Waals surface area (Å²) in [5.74, 6) is -0.628. The fourth-order valence-electron chi connectivity index (χ4n) is 1.75. The third-order valence-corrected chi connectivity index (χ3v) is 3.47. The van der Waals surface area contributed by atoms with Gasteiger partial charge in [0.05, 0.1) is 11.3 Å². The molecule has 21 heavy (non-hydrogen) atoms. The van der Waals surface area contributed by atoms with E-state index < -0.39 is 0 Å². The fraction of sp³-hybridized carbons (Fsp3) is 0.200. The molecule has 2 heterocycles. The SMILES string of the molecule is CC(C)C(=O)c1cnccc1NC(=O)c1ncccc1Br. The van der Waals surface area contributed by atoms with Crippen molar-refractivity contribution in [2.24, 2.45) is 5.92 Å². The molecule has 5 nitrogen and oxygen atoms in total. The quantitative estimate of drug-likeness (QED) is 0.861. The molecule has 0 bridgehead atoms. The van der Waals surface area contributed by atoms with Crippen LogP contribution < -0.4 is 5.32 Å². The van der Waals surface area contributed by atoms with Crippen LogP contribution in [-0.4, -0.2) is 21.7 Å². The van der Waals surface area contributed by atoms with Crippen molar-refractivity contribution in [1.82, 2.24) is 9.97 Å². The van der Waals surface area contributed by atoms with Crippen LogP contribution in [0.25, 0.3) is 0 Å². The lowest BCUT2D eigenvalue weighted by Crippen LogP contribution is -2.18. The molecule has 0 aliphatic heterocycles. The van der Waals surface area contributed by atoms with Gasteiger partial charge >= 0.3 is 0 Å². The monoisotopic (exact) mass is 347 g/mol. The summed E-state index contributed by atoms with van der Waals surface area (Å²) in [7, 11) is 0. The molecule has 1 amide bonds. The maximum absolute atomic E-state index is 12.2. The van der Waals surface area contributed by atoms with Gasteiger partial charge in [-0.1, -0.05) is 13.8 Å². The Kier molecular flexibility index (Phi) is 4.80. The van der Waals surface area contributed by atoms with Gasteiger partial charge in [-0.15, -0.1) is 0 Å². The molecule has 0 saturated heterocycles. The minimum Gasteiger partial charge on any atom is -0.320 e. The number of hydrogen-bond acceptors (Lipinski definition) is 4. The average molecular weight is 348 g/mol. The van der Waals surface area contributed by atoms with Gasteiger partial charge in [-0.25, -0.2) is 4.98 Å². The van der Waals surface area contributed by atoms with Crippen molar-refractivity contribution in [3.8, 4) is 0 Å². The Hall–Kier alpha value is -2.08. The van der Waals surface area contributed by atoms with Gasteiger partial charge in [-0.05, 0) is 34.1 Å². The van der Waals surface area contributed by atoms with Crippen molar-refractivity contribution in [1.29, 1.82) is 0 Å². The highest BCUT2D eigenvalue weighted by atomic mass is 79.9. The number of halogens is 1. The maximum atomic E-state index is 12.2. The first-order valence-electron chi connectivity index (χ1n) is 6.40. The van der Waals surface area contributed by atoms with E-state index in [0.717, 1.165) is 0 Å². The number of pyridine rings is 2. The number of hydrogen-bond donors (Lipinski definition) is 1. The van der Waals surface area contributed by atoms with Crippen LogP contribution in [0.15, 0.2) is 41.3 Å². The third-order valence-electron chi connectivity index (χ3n) is 2.83. The first-order valence-corrected chi connectivity index (χ1v) is 7.20. The van der Waals surface area contributed by atoms with Crippen molar-refractivity contribution in [3.05, 3.63) is 52.5 Å². The summed E-state index contributed by atoms with van der Waals surface area (Å²) < 4.78 is 0.591. The molecule has 0 radical (unpaired) electrons. The molecule has 0 aliphatic rings. The number of anilines is 1. The Labute approximate surface area is 130 Å². The fourth-order valence-corrected chi connectivity index (χ4v) is 2.18. The molecule has 1 N–H and O–H groups in total. The molecule has 2 rings (SSSR count). The number of ketones is 1. The van der Waals surface area contributed by atoms with Gasteiger partial charge in [0.15, 0.2) is 5.78 Å². The van der Waals surface area contributed by atoms with Crippen LogP contribution in [0.2, 0.25) is 0 Å². The molecule has 108 valence electrons. The van der Waals surface area contributed by atoms with Crippen LogP contribution >= 0.6 is 15.9 Å². The summed E-state index contributed by atoms with van der Waals surface area (Å²) in [5, 5.41) is 2.71. The lowest BCUT2D eigenvalue weighted by atomic mass is 10.0. The number of rotatable bonds is 4. The summed E-state index contributed by atoms with van der Waals surface area (Å²) >= 11 is 3.28. The van der Waals surface area contributed by atoms with Crippen LogP contribution in [-0.2, 0) is 0 Å². The van der Waals surface area contributed by atoms with Crippen molar-refractivity contribution >= 4 is 33.3 Å². The van der Waals surface area contributed by atoms with Crippen molar-refractivity contribution in [3.63, 3.8) is 0 Å². The lowest BCUT2D eigenvalue weighted by Gasteiger charge is -2.11. The first-order chi connectivity index (χ1) is 10.0. The predicted molar refractivity (Wildman–Crippen MR) is 83.3 cm³/mol. The average Bonchev–Trinajstić information content (AvgIpc) is 2.47. The van der Waals surface area contributed by atoms with Crippen LogP contribution in [0.3, 0.4) is 0 Å². The molecule has 0 atom stereocenters. The number of carbonyl (C=O) groups excluding carboxylic acids is 2. The molecule has 0 spiro atoms. The van der Waals surface area contributed by atoms with Crippen molar-refractivity contribution < 1.29 is 9.59 Å². The smallest absolute Gasteiger partial charge is 0.275 e. The number of carbonyl (C=O) groups is 2. The number of amides is 1. The number of nitrogens with one attached hydrogen (secondary N) is 1. The molecule has 0 aromatic carbocycles. The van der Waals surface area contributed by atoms with Gasteiger partial charge in [0.2, 0.25) is 0 Å². The van der Waals surface area contributed by atoms with E-state index in [9.17, 15) is 9.59 Å². The van der Waals surface area contributed by atoms with E-state index in [-0.39, 0.29) is 23.3 Å². The third kappa shape index (κ3) is 3.52. The summed E-state index contributed by atoms with van der Waals surface area (Å²) in [5.41, 5.74) is 1.09. The zero-order chi connectivity index (χ0) is 15.4. The van der Waals surface area contributed by atoms with Crippen molar-refractivity contribution in [2.75, 3.05) is 5.32 Å². The molecular weight excluding hydrogens is 334 g/mol. The van der Waals surface area contributed by atoms with Crippen LogP contribution in [0, 0.1) is 5.92 Å². The molecule has 0 aliphatic carbocycles. The Bertz CT molecular complexity index is 686. The maximum Gasteiger partial charge on any atom is 0.275 e. The van der Waals surface area contributed by atoms with E-state index in [2.05, 4.69) is 31.2 Å². The van der Waals surface area contributed by atoms with E-state index in [0.29, 0.717) is 15.7 Å². The number of aromatic nitrogens is 2. The Morgan fingerprint density at radius 3 is 2.67 bits per heavy atom. The molecule has 0 saturated carbocycles. The zero-order valence-electron chi connectivity index (χ0n) is 11.6. The van der Waals surface area contributed by atoms with E-state index >= 15 is 0 Å². The number of nitrogens with zero attached hydrogens (tertiary/aromatic N) is 2. The highest BCUT2D eigenvalue weighted by molar-refractivity contribution is 9.10. The van der Waals surface area contributed by atoms with Gasteiger partial charge in [0.25, 0.3) is 5.91 Å². The molecule has 0 fully saturated rings. The molecular formula is C15H14BrN3O2. The zero-order valence-corrected chi connectivity index (χ0v) is 13.2. The first kappa shape index (κ1) is 15.3. The van der Waals surface area contributed by atoms with Crippen molar-refractivity contribution in [2.45, 2.75) is 13.8 Å². The van der Waals surface area contributed by atoms with Gasteiger partial charge in [-0.3, -0.25) is 14.6 Å². The van der Waals surface area contributed by atoms with Gasteiger partial charge in [0.1, 0.15) is 5.69 Å². The van der Waals surface area contributed by atoms with Gasteiger partial charge in [-0.2, -0.15) is 0 Å².